The number of carbonyl (C=O) groups excluding carboxylic acids is 2. The Morgan fingerprint density at radius 3 is 2.69 bits per heavy atom. The van der Waals surface area contributed by atoms with Crippen molar-refractivity contribution in [3.05, 3.63) is 35.8 Å². The minimum atomic E-state index is -0.994. The van der Waals surface area contributed by atoms with Gasteiger partial charge in [0.05, 0.1) is 6.42 Å². The van der Waals surface area contributed by atoms with Crippen molar-refractivity contribution in [1.29, 1.82) is 0 Å². The lowest BCUT2D eigenvalue weighted by molar-refractivity contribution is -0.140. The van der Waals surface area contributed by atoms with Crippen LogP contribution in [0.15, 0.2) is 24.4 Å². The van der Waals surface area contributed by atoms with Crippen molar-refractivity contribution in [3.8, 4) is 0 Å². The Hall–Kier alpha value is -2.90. The molecule has 1 heterocycles. The third-order valence-electron chi connectivity index (χ3n) is 4.12. The van der Waals surface area contributed by atoms with Gasteiger partial charge >= 0.3 is 5.97 Å². The first-order valence-corrected chi connectivity index (χ1v) is 8.35. The molecule has 2 rings (SSSR count). The van der Waals surface area contributed by atoms with Crippen molar-refractivity contribution < 1.29 is 23.9 Å². The molecular weight excluding hydrogens is 341 g/mol. The number of benzene rings is 1. The lowest BCUT2D eigenvalue weighted by Gasteiger charge is -2.26. The number of H-pyrrole nitrogens is 1. The normalized spacial score (nSPS) is 12.0. The van der Waals surface area contributed by atoms with Crippen LogP contribution in [0.3, 0.4) is 0 Å². The number of hydrogen-bond donors (Lipinski definition) is 3. The average Bonchev–Trinajstić information content (AvgIpc) is 2.95. The molecule has 0 saturated carbocycles. The number of carbonyl (C=O) groups is 3. The third kappa shape index (κ3) is 4.81. The molecule has 0 aliphatic rings. The summed E-state index contributed by atoms with van der Waals surface area (Å²) < 4.78 is 13.3. The number of carboxylic acids is 1. The molecular formula is C18H22FN3O4. The summed E-state index contributed by atoms with van der Waals surface area (Å²) in [4.78, 5) is 39.5. The van der Waals surface area contributed by atoms with Gasteiger partial charge in [-0.15, -0.1) is 0 Å². The Labute approximate surface area is 150 Å². The second kappa shape index (κ2) is 8.46. The maximum absolute atomic E-state index is 13.3. The number of aromatic nitrogens is 1. The molecule has 2 amide bonds. The summed E-state index contributed by atoms with van der Waals surface area (Å²) in [6.07, 6.45) is 1.73. The van der Waals surface area contributed by atoms with Gasteiger partial charge in [-0.3, -0.25) is 14.4 Å². The molecule has 1 atom stereocenters. The number of aliphatic carboxylic acids is 1. The van der Waals surface area contributed by atoms with Gasteiger partial charge in [0.25, 0.3) is 0 Å². The number of amides is 2. The predicted octanol–water partition coefficient (Wildman–Crippen LogP) is 1.68. The van der Waals surface area contributed by atoms with Crippen LogP contribution in [0.1, 0.15) is 25.8 Å². The van der Waals surface area contributed by atoms with Gasteiger partial charge < -0.3 is 20.3 Å². The van der Waals surface area contributed by atoms with E-state index in [0.29, 0.717) is 12.1 Å². The molecule has 0 aliphatic carbocycles. The van der Waals surface area contributed by atoms with Crippen molar-refractivity contribution in [1.82, 2.24) is 15.2 Å². The number of rotatable bonds is 8. The van der Waals surface area contributed by atoms with E-state index in [1.54, 1.807) is 19.2 Å². The monoisotopic (exact) mass is 363 g/mol. The fraction of sp³-hybridized carbons (Fsp3) is 0.389. The maximum atomic E-state index is 13.3. The van der Waals surface area contributed by atoms with E-state index in [0.717, 1.165) is 10.9 Å². The minimum absolute atomic E-state index is 0.0693. The van der Waals surface area contributed by atoms with Gasteiger partial charge in [0.2, 0.25) is 11.8 Å². The van der Waals surface area contributed by atoms with Crippen LogP contribution < -0.4 is 5.32 Å². The van der Waals surface area contributed by atoms with Crippen molar-refractivity contribution in [2.75, 3.05) is 13.1 Å². The van der Waals surface area contributed by atoms with E-state index < -0.39 is 12.0 Å². The molecule has 0 radical (unpaired) electrons. The largest absolute Gasteiger partial charge is 0.481 e. The fourth-order valence-electron chi connectivity index (χ4n) is 2.87. The molecule has 0 aliphatic heterocycles. The van der Waals surface area contributed by atoms with Crippen LogP contribution >= 0.6 is 0 Å². The number of halogens is 1. The molecule has 0 fully saturated rings. The first-order chi connectivity index (χ1) is 12.3. The van der Waals surface area contributed by atoms with Crippen LogP contribution in [-0.4, -0.2) is 51.9 Å². The average molecular weight is 363 g/mol. The van der Waals surface area contributed by atoms with E-state index in [1.165, 1.54) is 24.0 Å². The van der Waals surface area contributed by atoms with Crippen molar-refractivity contribution >= 4 is 28.7 Å². The lowest BCUT2D eigenvalue weighted by atomic mass is 10.0. The number of carboxylic acid groups (broad SMARTS) is 1. The summed E-state index contributed by atoms with van der Waals surface area (Å²) in [5.74, 6) is -2.07. The fourth-order valence-corrected chi connectivity index (χ4v) is 2.87. The second-order valence-corrected chi connectivity index (χ2v) is 6.02. The molecule has 0 saturated heterocycles. The Morgan fingerprint density at radius 2 is 2.08 bits per heavy atom. The molecule has 140 valence electrons. The highest BCUT2D eigenvalue weighted by atomic mass is 19.1. The molecule has 1 unspecified atom stereocenters. The smallest absolute Gasteiger partial charge is 0.305 e. The lowest BCUT2D eigenvalue weighted by Crippen LogP contribution is -2.49. The van der Waals surface area contributed by atoms with E-state index >= 15 is 0 Å². The zero-order chi connectivity index (χ0) is 19.3. The Bertz CT molecular complexity index is 818. The quantitative estimate of drug-likeness (QED) is 0.664. The molecule has 3 N–H and O–H groups in total. The third-order valence-corrected chi connectivity index (χ3v) is 4.12. The van der Waals surface area contributed by atoms with E-state index in [-0.39, 0.29) is 37.0 Å². The molecule has 1 aromatic carbocycles. The minimum Gasteiger partial charge on any atom is -0.481 e. The van der Waals surface area contributed by atoms with Gasteiger partial charge in [-0.2, -0.15) is 0 Å². The van der Waals surface area contributed by atoms with Crippen molar-refractivity contribution in [2.24, 2.45) is 0 Å². The number of likely N-dealkylation sites (N-methyl/N-ethyl adjacent to an activating group) is 1. The molecule has 2 aromatic rings. The highest BCUT2D eigenvalue weighted by Gasteiger charge is 2.26. The van der Waals surface area contributed by atoms with Crippen LogP contribution in [0, 0.1) is 5.82 Å². The maximum Gasteiger partial charge on any atom is 0.305 e. The first-order valence-electron chi connectivity index (χ1n) is 8.35. The van der Waals surface area contributed by atoms with Crippen LogP contribution in [0.25, 0.3) is 10.9 Å². The molecule has 8 heteroatoms. The summed E-state index contributed by atoms with van der Waals surface area (Å²) in [6, 6.07) is 3.48. The van der Waals surface area contributed by atoms with E-state index in [4.69, 9.17) is 5.11 Å². The summed E-state index contributed by atoms with van der Waals surface area (Å²) in [7, 11) is 0. The topological polar surface area (TPSA) is 102 Å². The molecule has 7 nitrogen and oxygen atoms in total. The number of nitrogens with one attached hydrogen (secondary N) is 2. The van der Waals surface area contributed by atoms with Crippen molar-refractivity contribution in [2.45, 2.75) is 32.7 Å². The van der Waals surface area contributed by atoms with E-state index in [1.807, 2.05) is 0 Å². The van der Waals surface area contributed by atoms with Crippen LogP contribution in [-0.2, 0) is 20.8 Å². The Morgan fingerprint density at radius 1 is 1.35 bits per heavy atom. The van der Waals surface area contributed by atoms with Gasteiger partial charge in [0.1, 0.15) is 11.9 Å². The summed E-state index contributed by atoms with van der Waals surface area (Å²) in [6.45, 7) is 3.47. The zero-order valence-electron chi connectivity index (χ0n) is 14.7. The van der Waals surface area contributed by atoms with Gasteiger partial charge in [0.15, 0.2) is 0 Å². The van der Waals surface area contributed by atoms with Crippen LogP contribution in [0.5, 0.6) is 0 Å². The van der Waals surface area contributed by atoms with Crippen LogP contribution in [0.2, 0.25) is 0 Å². The summed E-state index contributed by atoms with van der Waals surface area (Å²) in [5, 5.41) is 12.2. The second-order valence-electron chi connectivity index (χ2n) is 6.02. The number of hydrogen-bond acceptors (Lipinski definition) is 3. The highest BCUT2D eigenvalue weighted by molar-refractivity contribution is 5.89. The molecule has 26 heavy (non-hydrogen) atoms. The van der Waals surface area contributed by atoms with Gasteiger partial charge in [-0.25, -0.2) is 4.39 Å². The van der Waals surface area contributed by atoms with Gasteiger partial charge in [-0.1, -0.05) is 0 Å². The van der Waals surface area contributed by atoms with Gasteiger partial charge in [-0.05, 0) is 30.7 Å². The summed E-state index contributed by atoms with van der Waals surface area (Å²) in [5.41, 5.74) is 1.37. The predicted molar refractivity (Wildman–Crippen MR) is 94.1 cm³/mol. The first kappa shape index (κ1) is 19.4. The highest BCUT2D eigenvalue weighted by Crippen LogP contribution is 2.21. The Kier molecular flexibility index (Phi) is 6.32. The number of fused-ring (bicyclic) bond motifs is 1. The zero-order valence-corrected chi connectivity index (χ0v) is 14.7. The van der Waals surface area contributed by atoms with Crippen molar-refractivity contribution in [3.63, 3.8) is 0 Å². The Balaban J connectivity index is 2.23. The molecule has 1 aromatic heterocycles. The molecule has 0 spiro atoms. The van der Waals surface area contributed by atoms with Crippen LogP contribution in [0.4, 0.5) is 4.39 Å². The standard InChI is InChI=1S/C18H22FN3O4/c1-3-22(7-6-17(24)25)18(26)16(21-11(2)23)8-12-10-20-15-9-13(19)4-5-14(12)15/h4-5,9-10,16,20H,3,6-8H2,1-2H3,(H,21,23)(H,24,25). The van der Waals surface area contributed by atoms with E-state index in [9.17, 15) is 18.8 Å². The number of nitrogens with zero attached hydrogens (tertiary/aromatic N) is 1. The van der Waals surface area contributed by atoms with E-state index in [2.05, 4.69) is 10.3 Å². The summed E-state index contributed by atoms with van der Waals surface area (Å²) >= 11 is 0. The SMILES string of the molecule is CCN(CCC(=O)O)C(=O)C(Cc1c[nH]c2cc(F)ccc12)NC(C)=O. The molecule has 0 bridgehead atoms. The van der Waals surface area contributed by atoms with Gasteiger partial charge in [0, 0.05) is 43.5 Å². The number of aromatic amines is 1.